The van der Waals surface area contributed by atoms with Crippen LogP contribution in [0.2, 0.25) is 10.0 Å². The molecule has 1 heterocycles. The number of amides is 1. The van der Waals surface area contributed by atoms with Crippen LogP contribution in [0.4, 0.5) is 11.4 Å². The number of nitro benzene ring substituents is 1. The number of nitro groups is 1. The van der Waals surface area contributed by atoms with E-state index in [-0.39, 0.29) is 28.7 Å². The number of anilines is 1. The molecule has 0 saturated heterocycles. The van der Waals surface area contributed by atoms with Crippen LogP contribution in [0.15, 0.2) is 18.2 Å². The SMILES string of the molecule is Cc1nn(CCC(=O)Nc2cc([N+](=O)[O-])ccc2Cl)c(C)c1Cl. The van der Waals surface area contributed by atoms with E-state index in [1.807, 2.05) is 6.92 Å². The van der Waals surface area contributed by atoms with Gasteiger partial charge in [-0.2, -0.15) is 5.10 Å². The molecule has 2 rings (SSSR count). The maximum Gasteiger partial charge on any atom is 0.271 e. The Hall–Kier alpha value is -2.12. The summed E-state index contributed by atoms with van der Waals surface area (Å²) in [6, 6.07) is 3.87. The molecule has 1 aromatic carbocycles. The van der Waals surface area contributed by atoms with Crippen molar-refractivity contribution in [1.82, 2.24) is 9.78 Å². The Kier molecular flexibility index (Phi) is 5.23. The normalized spacial score (nSPS) is 10.6. The van der Waals surface area contributed by atoms with Crippen molar-refractivity contribution in [2.45, 2.75) is 26.8 Å². The number of hydrogen-bond donors (Lipinski definition) is 1. The number of benzene rings is 1. The number of rotatable bonds is 5. The van der Waals surface area contributed by atoms with E-state index >= 15 is 0 Å². The first-order valence-corrected chi connectivity index (χ1v) is 7.48. The first kappa shape index (κ1) is 17.2. The Labute approximate surface area is 142 Å². The lowest BCUT2D eigenvalue weighted by Gasteiger charge is -2.08. The fourth-order valence-corrected chi connectivity index (χ4v) is 2.34. The van der Waals surface area contributed by atoms with Gasteiger partial charge in [-0.15, -0.1) is 0 Å². The monoisotopic (exact) mass is 356 g/mol. The number of nitrogens with one attached hydrogen (secondary N) is 1. The summed E-state index contributed by atoms with van der Waals surface area (Å²) in [5.74, 6) is -0.323. The van der Waals surface area contributed by atoms with Gasteiger partial charge in [0.25, 0.3) is 5.69 Å². The van der Waals surface area contributed by atoms with Crippen LogP contribution >= 0.6 is 23.2 Å². The zero-order valence-electron chi connectivity index (χ0n) is 12.5. The van der Waals surface area contributed by atoms with Crippen LogP contribution in [0.25, 0.3) is 0 Å². The lowest BCUT2D eigenvalue weighted by Crippen LogP contribution is -2.16. The molecule has 1 amide bonds. The Balaban J connectivity index is 2.04. The number of hydrogen-bond acceptors (Lipinski definition) is 4. The minimum absolute atomic E-state index is 0.136. The molecule has 122 valence electrons. The van der Waals surface area contributed by atoms with Crippen molar-refractivity contribution in [3.05, 3.63) is 49.7 Å². The molecule has 0 unspecified atom stereocenters. The van der Waals surface area contributed by atoms with E-state index in [9.17, 15) is 14.9 Å². The maximum absolute atomic E-state index is 12.0. The third-order valence-electron chi connectivity index (χ3n) is 3.28. The number of carbonyl (C=O) groups is 1. The van der Waals surface area contributed by atoms with Gasteiger partial charge in [-0.3, -0.25) is 19.6 Å². The van der Waals surface area contributed by atoms with Gasteiger partial charge in [-0.05, 0) is 19.9 Å². The predicted molar refractivity (Wildman–Crippen MR) is 88.1 cm³/mol. The molecule has 0 saturated carbocycles. The van der Waals surface area contributed by atoms with Crippen molar-refractivity contribution >= 4 is 40.5 Å². The third-order valence-corrected chi connectivity index (χ3v) is 4.16. The van der Waals surface area contributed by atoms with Crippen LogP contribution in [0, 0.1) is 24.0 Å². The second-order valence-electron chi connectivity index (χ2n) is 4.93. The van der Waals surface area contributed by atoms with Crippen LogP contribution in [-0.4, -0.2) is 20.6 Å². The Morgan fingerprint density at radius 1 is 1.39 bits per heavy atom. The van der Waals surface area contributed by atoms with Crippen molar-refractivity contribution in [3.63, 3.8) is 0 Å². The lowest BCUT2D eigenvalue weighted by molar-refractivity contribution is -0.384. The molecule has 1 N–H and O–H groups in total. The molecule has 0 aliphatic carbocycles. The van der Waals surface area contributed by atoms with E-state index in [4.69, 9.17) is 23.2 Å². The smallest absolute Gasteiger partial charge is 0.271 e. The maximum atomic E-state index is 12.0. The molecule has 7 nitrogen and oxygen atoms in total. The highest BCUT2D eigenvalue weighted by molar-refractivity contribution is 6.33. The number of non-ortho nitro benzene ring substituents is 1. The van der Waals surface area contributed by atoms with Crippen molar-refractivity contribution in [1.29, 1.82) is 0 Å². The number of carbonyl (C=O) groups excluding carboxylic acids is 1. The molecule has 0 spiro atoms. The van der Waals surface area contributed by atoms with Gasteiger partial charge in [-0.25, -0.2) is 0 Å². The molecule has 0 radical (unpaired) electrons. The molecule has 1 aromatic heterocycles. The zero-order valence-corrected chi connectivity index (χ0v) is 14.0. The van der Waals surface area contributed by atoms with Gasteiger partial charge in [0.1, 0.15) is 0 Å². The van der Waals surface area contributed by atoms with Gasteiger partial charge in [0.05, 0.1) is 38.6 Å². The molecule has 0 bridgehead atoms. The third kappa shape index (κ3) is 4.00. The van der Waals surface area contributed by atoms with E-state index in [0.29, 0.717) is 17.3 Å². The molecule has 0 aliphatic rings. The summed E-state index contributed by atoms with van der Waals surface area (Å²) in [5.41, 5.74) is 1.55. The average Bonchev–Trinajstić information content (AvgIpc) is 2.74. The highest BCUT2D eigenvalue weighted by Crippen LogP contribution is 2.27. The molecule has 23 heavy (non-hydrogen) atoms. The van der Waals surface area contributed by atoms with Crippen LogP contribution in [0.1, 0.15) is 17.8 Å². The van der Waals surface area contributed by atoms with E-state index in [1.165, 1.54) is 18.2 Å². The van der Waals surface area contributed by atoms with Crippen molar-refractivity contribution in [3.8, 4) is 0 Å². The lowest BCUT2D eigenvalue weighted by atomic mass is 10.2. The molecule has 0 atom stereocenters. The first-order valence-electron chi connectivity index (χ1n) is 6.73. The van der Waals surface area contributed by atoms with Gasteiger partial charge in [-0.1, -0.05) is 23.2 Å². The molecule has 0 aliphatic heterocycles. The van der Waals surface area contributed by atoms with Gasteiger partial charge < -0.3 is 5.32 Å². The summed E-state index contributed by atoms with van der Waals surface area (Å²) in [6.45, 7) is 3.95. The highest BCUT2D eigenvalue weighted by atomic mass is 35.5. The Morgan fingerprint density at radius 2 is 2.09 bits per heavy atom. The quantitative estimate of drug-likeness (QED) is 0.652. The number of aryl methyl sites for hydroxylation is 2. The average molecular weight is 357 g/mol. The van der Waals surface area contributed by atoms with E-state index in [1.54, 1.807) is 11.6 Å². The molecule has 0 fully saturated rings. The van der Waals surface area contributed by atoms with Crippen molar-refractivity contribution in [2.75, 3.05) is 5.32 Å². The standard InChI is InChI=1S/C14H14Cl2N4O3/c1-8-14(16)9(2)19(18-8)6-5-13(21)17-12-7-10(20(22)23)3-4-11(12)15/h3-4,7H,5-6H2,1-2H3,(H,17,21). The van der Waals surface area contributed by atoms with E-state index < -0.39 is 4.92 Å². The first-order chi connectivity index (χ1) is 10.8. The van der Waals surface area contributed by atoms with Gasteiger partial charge >= 0.3 is 0 Å². The molecular formula is C14H14Cl2N4O3. The minimum Gasteiger partial charge on any atom is -0.325 e. The fraction of sp³-hybridized carbons (Fsp3) is 0.286. The molecular weight excluding hydrogens is 343 g/mol. The van der Waals surface area contributed by atoms with Gasteiger partial charge in [0.2, 0.25) is 5.91 Å². The Morgan fingerprint density at radius 3 is 2.65 bits per heavy atom. The second-order valence-corrected chi connectivity index (χ2v) is 5.71. The van der Waals surface area contributed by atoms with Crippen LogP contribution < -0.4 is 5.32 Å². The van der Waals surface area contributed by atoms with Crippen LogP contribution in [-0.2, 0) is 11.3 Å². The second kappa shape index (κ2) is 6.97. The van der Waals surface area contributed by atoms with Crippen LogP contribution in [0.5, 0.6) is 0 Å². The summed E-state index contributed by atoms with van der Waals surface area (Å²) in [6.07, 6.45) is 0.136. The van der Waals surface area contributed by atoms with Gasteiger partial charge in [0.15, 0.2) is 0 Å². The number of nitrogens with zero attached hydrogens (tertiary/aromatic N) is 3. The number of halogens is 2. The predicted octanol–water partition coefficient (Wildman–Crippen LogP) is 3.74. The largest absolute Gasteiger partial charge is 0.325 e. The van der Waals surface area contributed by atoms with E-state index in [0.717, 1.165) is 5.69 Å². The van der Waals surface area contributed by atoms with Crippen molar-refractivity contribution in [2.24, 2.45) is 0 Å². The minimum atomic E-state index is -0.552. The fourth-order valence-electron chi connectivity index (χ4n) is 2.04. The summed E-state index contributed by atoms with van der Waals surface area (Å²) < 4.78 is 1.65. The topological polar surface area (TPSA) is 90.1 Å². The van der Waals surface area contributed by atoms with Crippen molar-refractivity contribution < 1.29 is 9.72 Å². The summed E-state index contributed by atoms with van der Waals surface area (Å²) in [7, 11) is 0. The molecule has 9 heteroatoms. The van der Waals surface area contributed by atoms with Gasteiger partial charge in [0, 0.05) is 18.6 Å². The Bertz CT molecular complexity index is 774. The van der Waals surface area contributed by atoms with Crippen LogP contribution in [0.3, 0.4) is 0 Å². The van der Waals surface area contributed by atoms with E-state index in [2.05, 4.69) is 10.4 Å². The summed E-state index contributed by atoms with van der Waals surface area (Å²) in [5, 5.41) is 18.4. The number of aromatic nitrogens is 2. The summed E-state index contributed by atoms with van der Waals surface area (Å²) >= 11 is 12.0. The highest BCUT2D eigenvalue weighted by Gasteiger charge is 2.14. The zero-order chi connectivity index (χ0) is 17.1. The summed E-state index contributed by atoms with van der Waals surface area (Å²) in [4.78, 5) is 22.2. The molecule has 2 aromatic rings.